The fraction of sp³-hybridized carbons (Fsp3) is 0.500. The molecule has 0 saturated heterocycles. The molecule has 0 aromatic heterocycles. The number of anilines is 1. The SMILES string of the molecule is CN(CC1(O)CCCC1)c1ccc(Br)cc1C=O. The van der Waals surface area contributed by atoms with E-state index in [2.05, 4.69) is 15.9 Å². The van der Waals surface area contributed by atoms with Crippen LogP contribution >= 0.6 is 15.9 Å². The number of benzene rings is 1. The van der Waals surface area contributed by atoms with Crippen LogP contribution in [0.3, 0.4) is 0 Å². The molecule has 1 aliphatic rings. The second-order valence-corrected chi connectivity index (χ2v) is 6.02. The van der Waals surface area contributed by atoms with Gasteiger partial charge in [-0.1, -0.05) is 28.8 Å². The largest absolute Gasteiger partial charge is 0.388 e. The van der Waals surface area contributed by atoms with E-state index in [0.29, 0.717) is 12.1 Å². The van der Waals surface area contributed by atoms with Gasteiger partial charge >= 0.3 is 0 Å². The molecule has 1 aromatic carbocycles. The average molecular weight is 312 g/mol. The van der Waals surface area contributed by atoms with E-state index >= 15 is 0 Å². The van der Waals surface area contributed by atoms with Crippen molar-refractivity contribution in [3.05, 3.63) is 28.2 Å². The van der Waals surface area contributed by atoms with Crippen molar-refractivity contribution in [1.29, 1.82) is 0 Å². The molecule has 0 amide bonds. The molecular weight excluding hydrogens is 294 g/mol. The molecule has 98 valence electrons. The van der Waals surface area contributed by atoms with Crippen molar-refractivity contribution < 1.29 is 9.90 Å². The predicted molar refractivity (Wildman–Crippen MR) is 76.2 cm³/mol. The lowest BCUT2D eigenvalue weighted by atomic mass is 10.0. The van der Waals surface area contributed by atoms with Gasteiger partial charge in [-0.25, -0.2) is 0 Å². The van der Waals surface area contributed by atoms with Gasteiger partial charge in [-0.3, -0.25) is 4.79 Å². The van der Waals surface area contributed by atoms with Crippen molar-refractivity contribution >= 4 is 27.9 Å². The first kappa shape index (κ1) is 13.6. The second kappa shape index (κ2) is 5.41. The van der Waals surface area contributed by atoms with Crippen LogP contribution in [-0.4, -0.2) is 30.6 Å². The maximum absolute atomic E-state index is 11.1. The van der Waals surface area contributed by atoms with Gasteiger partial charge in [0.15, 0.2) is 6.29 Å². The Balaban J connectivity index is 2.17. The topological polar surface area (TPSA) is 40.5 Å². The standard InChI is InChI=1S/C14H18BrNO2/c1-16(10-14(18)6-2-3-7-14)13-5-4-12(15)8-11(13)9-17/h4-5,8-9,18H,2-3,6-7,10H2,1H3. The second-order valence-electron chi connectivity index (χ2n) is 5.11. The maximum Gasteiger partial charge on any atom is 0.152 e. The molecule has 1 aromatic rings. The highest BCUT2D eigenvalue weighted by molar-refractivity contribution is 9.10. The monoisotopic (exact) mass is 311 g/mol. The molecule has 2 rings (SSSR count). The van der Waals surface area contributed by atoms with E-state index in [1.807, 2.05) is 24.1 Å². The van der Waals surface area contributed by atoms with Crippen molar-refractivity contribution in [3.8, 4) is 0 Å². The first-order valence-corrected chi connectivity index (χ1v) is 7.02. The minimum absolute atomic E-state index is 0.579. The van der Waals surface area contributed by atoms with Gasteiger partial charge in [0.1, 0.15) is 0 Å². The van der Waals surface area contributed by atoms with Crippen LogP contribution in [0.1, 0.15) is 36.0 Å². The third-order valence-electron chi connectivity index (χ3n) is 3.59. The minimum Gasteiger partial charge on any atom is -0.388 e. The summed E-state index contributed by atoms with van der Waals surface area (Å²) in [5, 5.41) is 10.4. The lowest BCUT2D eigenvalue weighted by Gasteiger charge is -2.30. The Bertz CT molecular complexity index is 441. The molecule has 3 nitrogen and oxygen atoms in total. The zero-order chi connectivity index (χ0) is 13.2. The number of hydrogen-bond donors (Lipinski definition) is 1. The Morgan fingerprint density at radius 3 is 2.72 bits per heavy atom. The number of carbonyl (C=O) groups excluding carboxylic acids is 1. The molecule has 1 N–H and O–H groups in total. The molecule has 0 atom stereocenters. The van der Waals surface area contributed by atoms with E-state index in [0.717, 1.165) is 42.1 Å². The molecule has 0 spiro atoms. The number of aliphatic hydroxyl groups is 1. The third-order valence-corrected chi connectivity index (χ3v) is 4.09. The first-order chi connectivity index (χ1) is 8.54. The van der Waals surface area contributed by atoms with Crippen LogP contribution in [0, 0.1) is 0 Å². The third kappa shape index (κ3) is 2.93. The van der Waals surface area contributed by atoms with Crippen LogP contribution in [0.15, 0.2) is 22.7 Å². The minimum atomic E-state index is -0.595. The molecule has 0 heterocycles. The lowest BCUT2D eigenvalue weighted by Crippen LogP contribution is -2.39. The van der Waals surface area contributed by atoms with Crippen LogP contribution in [-0.2, 0) is 0 Å². The number of carbonyl (C=O) groups is 1. The number of aldehydes is 1. The Labute approximate surface area is 116 Å². The zero-order valence-corrected chi connectivity index (χ0v) is 12.1. The summed E-state index contributed by atoms with van der Waals surface area (Å²) in [4.78, 5) is 13.1. The summed E-state index contributed by atoms with van der Waals surface area (Å²) in [5.74, 6) is 0. The van der Waals surface area contributed by atoms with Gasteiger partial charge in [0.2, 0.25) is 0 Å². The Hall–Kier alpha value is -0.870. The van der Waals surface area contributed by atoms with E-state index in [-0.39, 0.29) is 0 Å². The highest BCUT2D eigenvalue weighted by Crippen LogP contribution is 2.32. The summed E-state index contributed by atoms with van der Waals surface area (Å²) in [6, 6.07) is 5.63. The molecule has 18 heavy (non-hydrogen) atoms. The van der Waals surface area contributed by atoms with E-state index in [1.165, 1.54) is 0 Å². The van der Waals surface area contributed by atoms with Crippen LogP contribution < -0.4 is 4.90 Å². The van der Waals surface area contributed by atoms with E-state index < -0.39 is 5.60 Å². The van der Waals surface area contributed by atoms with Crippen molar-refractivity contribution in [2.24, 2.45) is 0 Å². The molecule has 0 aliphatic heterocycles. The van der Waals surface area contributed by atoms with Crippen molar-refractivity contribution in [2.75, 3.05) is 18.5 Å². The van der Waals surface area contributed by atoms with Gasteiger partial charge in [-0.2, -0.15) is 0 Å². The van der Waals surface area contributed by atoms with Crippen LogP contribution in [0.5, 0.6) is 0 Å². The van der Waals surface area contributed by atoms with Crippen LogP contribution in [0.25, 0.3) is 0 Å². The lowest BCUT2D eigenvalue weighted by molar-refractivity contribution is 0.0559. The summed E-state index contributed by atoms with van der Waals surface area (Å²) in [6.45, 7) is 0.579. The number of nitrogens with zero attached hydrogens (tertiary/aromatic N) is 1. The smallest absolute Gasteiger partial charge is 0.152 e. The highest BCUT2D eigenvalue weighted by Gasteiger charge is 2.32. The Kier molecular flexibility index (Phi) is 4.07. The normalized spacial score (nSPS) is 17.7. The van der Waals surface area contributed by atoms with Crippen LogP contribution in [0.4, 0.5) is 5.69 Å². The van der Waals surface area contributed by atoms with Gasteiger partial charge < -0.3 is 10.0 Å². The van der Waals surface area contributed by atoms with E-state index in [9.17, 15) is 9.90 Å². The fourth-order valence-corrected chi connectivity index (χ4v) is 3.06. The quantitative estimate of drug-likeness (QED) is 0.869. The molecule has 1 fully saturated rings. The summed E-state index contributed by atoms with van der Waals surface area (Å²) < 4.78 is 0.890. The summed E-state index contributed by atoms with van der Waals surface area (Å²) in [6.07, 6.45) is 4.74. The molecular formula is C14H18BrNO2. The molecule has 0 radical (unpaired) electrons. The number of halogens is 1. The number of likely N-dealkylation sites (N-methyl/N-ethyl adjacent to an activating group) is 1. The van der Waals surface area contributed by atoms with Gasteiger partial charge in [-0.15, -0.1) is 0 Å². The van der Waals surface area contributed by atoms with E-state index in [1.54, 1.807) is 6.07 Å². The average Bonchev–Trinajstić information content (AvgIpc) is 2.75. The Morgan fingerprint density at radius 1 is 1.44 bits per heavy atom. The van der Waals surface area contributed by atoms with Gasteiger partial charge in [0.25, 0.3) is 0 Å². The zero-order valence-electron chi connectivity index (χ0n) is 10.5. The molecule has 0 bridgehead atoms. The van der Waals surface area contributed by atoms with Gasteiger partial charge in [-0.05, 0) is 31.0 Å². The summed E-state index contributed by atoms with van der Waals surface area (Å²) in [5.41, 5.74) is 0.920. The summed E-state index contributed by atoms with van der Waals surface area (Å²) in [7, 11) is 1.92. The fourth-order valence-electron chi connectivity index (χ4n) is 2.69. The van der Waals surface area contributed by atoms with Crippen molar-refractivity contribution in [3.63, 3.8) is 0 Å². The molecule has 4 heteroatoms. The molecule has 1 aliphatic carbocycles. The Morgan fingerprint density at radius 2 is 2.11 bits per heavy atom. The first-order valence-electron chi connectivity index (χ1n) is 6.22. The van der Waals surface area contributed by atoms with Gasteiger partial charge in [0, 0.05) is 29.3 Å². The van der Waals surface area contributed by atoms with Gasteiger partial charge in [0.05, 0.1) is 5.60 Å². The maximum atomic E-state index is 11.1. The predicted octanol–water partition coefficient (Wildman–Crippen LogP) is 3.00. The van der Waals surface area contributed by atoms with Crippen molar-refractivity contribution in [2.45, 2.75) is 31.3 Å². The summed E-state index contributed by atoms with van der Waals surface area (Å²) >= 11 is 3.36. The number of rotatable bonds is 4. The molecule has 1 saturated carbocycles. The number of hydrogen-bond acceptors (Lipinski definition) is 3. The van der Waals surface area contributed by atoms with E-state index in [4.69, 9.17) is 0 Å². The highest BCUT2D eigenvalue weighted by atomic mass is 79.9. The van der Waals surface area contributed by atoms with Crippen LogP contribution in [0.2, 0.25) is 0 Å². The van der Waals surface area contributed by atoms with Crippen molar-refractivity contribution in [1.82, 2.24) is 0 Å². The molecule has 0 unspecified atom stereocenters.